The van der Waals surface area contributed by atoms with E-state index in [1.165, 1.54) is 44.9 Å². The Morgan fingerprint density at radius 2 is 1.50 bits per heavy atom. The zero-order valence-corrected chi connectivity index (χ0v) is 17.9. The van der Waals surface area contributed by atoms with Gasteiger partial charge >= 0.3 is 0 Å². The average molecular weight is 398 g/mol. The summed E-state index contributed by atoms with van der Waals surface area (Å²) in [6.45, 7) is 4.43. The third-order valence-corrected chi connectivity index (χ3v) is 5.19. The summed E-state index contributed by atoms with van der Waals surface area (Å²) in [6.07, 6.45) is 12.2. The van der Waals surface area contributed by atoms with Crippen LogP contribution >= 0.6 is 0 Å². The van der Waals surface area contributed by atoms with E-state index in [9.17, 15) is 15.3 Å². The molecule has 0 amide bonds. The molecule has 3 unspecified atom stereocenters. The van der Waals surface area contributed by atoms with Gasteiger partial charge in [-0.15, -0.1) is 0 Å². The van der Waals surface area contributed by atoms with Gasteiger partial charge in [-0.2, -0.15) is 0 Å². The van der Waals surface area contributed by atoms with E-state index < -0.39 is 11.7 Å². The lowest BCUT2D eigenvalue weighted by atomic mass is 9.75. The average Bonchev–Trinajstić information content (AvgIpc) is 2.56. The predicted octanol–water partition coefficient (Wildman–Crippen LogP) is -0.372. The number of halogens is 1. The van der Waals surface area contributed by atoms with Crippen LogP contribution in [-0.2, 0) is 4.74 Å². The molecule has 6 heteroatoms. The topological polar surface area (TPSA) is 97.6 Å². The van der Waals surface area contributed by atoms with E-state index in [1.807, 2.05) is 0 Å². The van der Waals surface area contributed by atoms with Crippen LogP contribution in [0.25, 0.3) is 0 Å². The number of rotatable bonds is 18. The molecule has 3 atom stereocenters. The summed E-state index contributed by atoms with van der Waals surface area (Å²) in [5.74, 6) is 0.140. The lowest BCUT2D eigenvalue weighted by Gasteiger charge is -2.40. The van der Waals surface area contributed by atoms with E-state index in [2.05, 4.69) is 12.7 Å². The zero-order valence-electron chi connectivity index (χ0n) is 17.1. The van der Waals surface area contributed by atoms with Crippen molar-refractivity contribution in [3.05, 3.63) is 0 Å². The van der Waals surface area contributed by atoms with E-state index in [-0.39, 0.29) is 31.5 Å². The van der Waals surface area contributed by atoms with Gasteiger partial charge in [0, 0.05) is 26.1 Å². The SMILES string of the molecule is CCCCCCCCCCC(CCO)C(CCO)(CC(C)O)OC[NH3+].[Cl-]. The van der Waals surface area contributed by atoms with Crippen LogP contribution in [0.15, 0.2) is 0 Å². The van der Waals surface area contributed by atoms with Gasteiger partial charge in [-0.1, -0.05) is 58.3 Å². The molecular formula is C20H44ClNO4. The zero-order chi connectivity index (χ0) is 19.0. The van der Waals surface area contributed by atoms with Crippen LogP contribution in [0.3, 0.4) is 0 Å². The van der Waals surface area contributed by atoms with Crippen LogP contribution in [0.1, 0.15) is 90.9 Å². The van der Waals surface area contributed by atoms with Gasteiger partial charge in [-0.3, -0.25) is 0 Å². The van der Waals surface area contributed by atoms with Gasteiger partial charge in [0.1, 0.15) is 0 Å². The highest BCUT2D eigenvalue weighted by Gasteiger charge is 2.40. The predicted molar refractivity (Wildman–Crippen MR) is 102 cm³/mol. The molecule has 26 heavy (non-hydrogen) atoms. The van der Waals surface area contributed by atoms with E-state index >= 15 is 0 Å². The number of unbranched alkanes of at least 4 members (excludes halogenated alkanes) is 7. The summed E-state index contributed by atoms with van der Waals surface area (Å²) in [5.41, 5.74) is 3.21. The van der Waals surface area contributed by atoms with Gasteiger partial charge in [0.05, 0.1) is 11.7 Å². The highest BCUT2D eigenvalue weighted by Crippen LogP contribution is 2.36. The van der Waals surface area contributed by atoms with Gasteiger partial charge in [0.25, 0.3) is 0 Å². The lowest BCUT2D eigenvalue weighted by Crippen LogP contribution is -3.00. The monoisotopic (exact) mass is 397 g/mol. The number of ether oxygens (including phenoxy) is 1. The molecule has 0 aromatic heterocycles. The Balaban J connectivity index is 0. The van der Waals surface area contributed by atoms with Crippen LogP contribution in [0.4, 0.5) is 0 Å². The van der Waals surface area contributed by atoms with Crippen molar-refractivity contribution in [3.8, 4) is 0 Å². The molecule has 0 aromatic carbocycles. The molecular weight excluding hydrogens is 354 g/mol. The number of hydrogen-bond donors (Lipinski definition) is 4. The Morgan fingerprint density at radius 1 is 0.923 bits per heavy atom. The van der Waals surface area contributed by atoms with Gasteiger partial charge < -0.3 is 38.2 Å². The van der Waals surface area contributed by atoms with E-state index in [0.29, 0.717) is 26.0 Å². The molecule has 0 bridgehead atoms. The molecule has 0 spiro atoms. The minimum atomic E-state index is -0.589. The summed E-state index contributed by atoms with van der Waals surface area (Å²) in [6, 6.07) is 0. The highest BCUT2D eigenvalue weighted by molar-refractivity contribution is 4.90. The maximum absolute atomic E-state index is 9.93. The highest BCUT2D eigenvalue weighted by atomic mass is 35.5. The minimum absolute atomic E-state index is 0. The maximum Gasteiger partial charge on any atom is 0.179 e. The second kappa shape index (κ2) is 18.5. The molecule has 0 fully saturated rings. The Labute approximate surface area is 167 Å². The number of hydrogen-bond acceptors (Lipinski definition) is 4. The van der Waals surface area contributed by atoms with Crippen LogP contribution in [0.2, 0.25) is 0 Å². The van der Waals surface area contributed by atoms with Crippen molar-refractivity contribution in [3.63, 3.8) is 0 Å². The maximum atomic E-state index is 9.93. The summed E-state index contributed by atoms with van der Waals surface area (Å²) < 4.78 is 5.98. The molecule has 0 aliphatic rings. The van der Waals surface area contributed by atoms with Gasteiger partial charge in [-0.25, -0.2) is 0 Å². The molecule has 0 aliphatic heterocycles. The molecule has 5 nitrogen and oxygen atoms in total. The van der Waals surface area contributed by atoms with E-state index in [1.54, 1.807) is 6.92 Å². The molecule has 0 heterocycles. The first kappa shape index (κ1) is 28.3. The molecule has 0 aromatic rings. The fourth-order valence-corrected chi connectivity index (χ4v) is 3.97. The molecule has 6 N–H and O–H groups in total. The Morgan fingerprint density at radius 3 is 1.96 bits per heavy atom. The first-order valence-corrected chi connectivity index (χ1v) is 10.4. The van der Waals surface area contributed by atoms with Crippen LogP contribution < -0.4 is 18.1 Å². The first-order chi connectivity index (χ1) is 12.1. The van der Waals surface area contributed by atoms with Crippen molar-refractivity contribution in [1.29, 1.82) is 0 Å². The smallest absolute Gasteiger partial charge is 0.179 e. The third kappa shape index (κ3) is 12.5. The largest absolute Gasteiger partial charge is 1.00 e. The molecule has 0 radical (unpaired) electrons. The Hall–Kier alpha value is 0.0900. The van der Waals surface area contributed by atoms with Gasteiger partial charge in [0.15, 0.2) is 6.73 Å². The third-order valence-electron chi connectivity index (χ3n) is 5.19. The molecule has 0 saturated heterocycles. The first-order valence-electron chi connectivity index (χ1n) is 10.4. The summed E-state index contributed by atoms with van der Waals surface area (Å²) >= 11 is 0. The van der Waals surface area contributed by atoms with E-state index in [4.69, 9.17) is 4.74 Å². The van der Waals surface area contributed by atoms with Crippen molar-refractivity contribution >= 4 is 0 Å². The van der Waals surface area contributed by atoms with Crippen LogP contribution in [0, 0.1) is 5.92 Å². The van der Waals surface area contributed by atoms with Crippen molar-refractivity contribution < 1.29 is 38.2 Å². The Kier molecular flexibility index (Phi) is 20.1. The number of aliphatic hydroxyl groups excluding tert-OH is 3. The number of aliphatic hydroxyl groups is 3. The quantitative estimate of drug-likeness (QED) is 0.187. The Bertz CT molecular complexity index is 287. The summed E-state index contributed by atoms with van der Waals surface area (Å²) in [7, 11) is 0. The molecule has 0 saturated carbocycles. The van der Waals surface area contributed by atoms with Gasteiger partial charge in [0.2, 0.25) is 0 Å². The van der Waals surface area contributed by atoms with Crippen molar-refractivity contribution in [2.45, 2.75) is 103 Å². The summed E-state index contributed by atoms with van der Waals surface area (Å²) in [4.78, 5) is 0. The standard InChI is InChI=1S/C20H43NO4.ClH/c1-3-4-5-6-7-8-9-10-11-19(12-14-22)20(13-15-23,25-17-21)16-18(2)24;/h18-19,22-24H,3-17,21H2,1-2H3;1H. The van der Waals surface area contributed by atoms with Crippen LogP contribution in [-0.4, -0.2) is 47.0 Å². The second-order valence-electron chi connectivity index (χ2n) is 7.41. The lowest BCUT2D eigenvalue weighted by molar-refractivity contribution is -0.450. The minimum Gasteiger partial charge on any atom is -1.00 e. The molecule has 0 aliphatic carbocycles. The van der Waals surface area contributed by atoms with Crippen molar-refractivity contribution in [2.75, 3.05) is 19.9 Å². The molecule has 0 rings (SSSR count). The van der Waals surface area contributed by atoms with Crippen molar-refractivity contribution in [1.82, 2.24) is 0 Å². The molecule has 160 valence electrons. The van der Waals surface area contributed by atoms with Gasteiger partial charge in [-0.05, 0) is 25.7 Å². The fraction of sp³-hybridized carbons (Fsp3) is 1.00. The summed E-state index contributed by atoms with van der Waals surface area (Å²) in [5, 5.41) is 29.0. The normalized spacial score (nSPS) is 15.9. The number of quaternary nitrogens is 1. The fourth-order valence-electron chi connectivity index (χ4n) is 3.97. The second-order valence-corrected chi connectivity index (χ2v) is 7.41. The van der Waals surface area contributed by atoms with E-state index in [0.717, 1.165) is 12.8 Å². The van der Waals surface area contributed by atoms with Crippen molar-refractivity contribution in [2.24, 2.45) is 5.92 Å². The van der Waals surface area contributed by atoms with Crippen LogP contribution in [0.5, 0.6) is 0 Å².